The molecule has 1 aliphatic heterocycles. The summed E-state index contributed by atoms with van der Waals surface area (Å²) in [4.78, 5) is 2.62. The molecule has 4 atom stereocenters. The molecule has 0 bridgehead atoms. The maximum absolute atomic E-state index is 9.84. The third-order valence-corrected chi connectivity index (χ3v) is 4.73. The van der Waals surface area contributed by atoms with E-state index in [1.807, 2.05) is 0 Å². The van der Waals surface area contributed by atoms with Gasteiger partial charge in [0.15, 0.2) is 0 Å². The van der Waals surface area contributed by atoms with E-state index < -0.39 is 0 Å². The monoisotopic (exact) mass is 254 g/mol. The van der Waals surface area contributed by atoms with Crippen LogP contribution in [0.1, 0.15) is 52.4 Å². The minimum absolute atomic E-state index is 0.136. The van der Waals surface area contributed by atoms with Crippen molar-refractivity contribution in [1.29, 1.82) is 0 Å². The van der Waals surface area contributed by atoms with Crippen LogP contribution in [0.2, 0.25) is 0 Å². The second kappa shape index (κ2) is 6.36. The van der Waals surface area contributed by atoms with Crippen LogP contribution in [0.3, 0.4) is 0 Å². The summed E-state index contributed by atoms with van der Waals surface area (Å²) in [5.41, 5.74) is 6.22. The summed E-state index contributed by atoms with van der Waals surface area (Å²) in [6.07, 6.45) is 6.82. The lowest BCUT2D eigenvalue weighted by atomic mass is 9.87. The Balaban J connectivity index is 1.90. The molecule has 3 N–H and O–H groups in total. The Morgan fingerprint density at radius 2 is 1.94 bits per heavy atom. The lowest BCUT2D eigenvalue weighted by Gasteiger charge is -2.41. The van der Waals surface area contributed by atoms with Gasteiger partial charge in [0.1, 0.15) is 0 Å². The number of nitrogens with zero attached hydrogens (tertiary/aromatic N) is 1. The zero-order chi connectivity index (χ0) is 13.1. The van der Waals surface area contributed by atoms with E-state index in [1.165, 1.54) is 19.3 Å². The van der Waals surface area contributed by atoms with Gasteiger partial charge < -0.3 is 10.8 Å². The highest BCUT2D eigenvalue weighted by molar-refractivity contribution is 4.92. The van der Waals surface area contributed by atoms with E-state index in [0.717, 1.165) is 44.3 Å². The molecule has 106 valence electrons. The zero-order valence-corrected chi connectivity index (χ0v) is 12.0. The highest BCUT2D eigenvalue weighted by Crippen LogP contribution is 2.38. The first-order chi connectivity index (χ1) is 8.63. The Labute approximate surface area is 112 Å². The first kappa shape index (κ1) is 14.3. The fourth-order valence-corrected chi connectivity index (χ4v) is 3.65. The first-order valence-corrected chi connectivity index (χ1v) is 7.81. The maximum atomic E-state index is 9.84. The molecule has 4 unspecified atom stereocenters. The van der Waals surface area contributed by atoms with Gasteiger partial charge in [-0.05, 0) is 50.4 Å². The van der Waals surface area contributed by atoms with Crippen LogP contribution in [0, 0.1) is 11.8 Å². The highest BCUT2D eigenvalue weighted by atomic mass is 16.3. The van der Waals surface area contributed by atoms with E-state index >= 15 is 0 Å². The summed E-state index contributed by atoms with van der Waals surface area (Å²) in [6.45, 7) is 6.58. The van der Waals surface area contributed by atoms with E-state index in [1.54, 1.807) is 0 Å². The molecule has 3 nitrogen and oxygen atoms in total. The standard InChI is InChI=1S/C15H30N2O/c1-3-14(18)8-11-7-13(16)10-17(9-11)15(4-2)12-5-6-12/h11-15,18H,3-10,16H2,1-2H3. The van der Waals surface area contributed by atoms with Crippen LogP contribution in [0.15, 0.2) is 0 Å². The molecule has 0 radical (unpaired) electrons. The maximum Gasteiger partial charge on any atom is 0.0540 e. The molecule has 0 spiro atoms. The number of piperidine rings is 1. The van der Waals surface area contributed by atoms with Crippen LogP contribution < -0.4 is 5.73 Å². The van der Waals surface area contributed by atoms with Gasteiger partial charge in [-0.1, -0.05) is 13.8 Å². The second-order valence-electron chi connectivity index (χ2n) is 6.43. The zero-order valence-electron chi connectivity index (χ0n) is 12.0. The Morgan fingerprint density at radius 3 is 2.50 bits per heavy atom. The number of aliphatic hydroxyl groups excluding tert-OH is 1. The van der Waals surface area contributed by atoms with E-state index in [2.05, 4.69) is 18.7 Å². The smallest absolute Gasteiger partial charge is 0.0540 e. The minimum atomic E-state index is -0.136. The molecule has 0 aromatic heterocycles. The van der Waals surface area contributed by atoms with E-state index in [4.69, 9.17) is 5.73 Å². The van der Waals surface area contributed by atoms with Gasteiger partial charge in [-0.2, -0.15) is 0 Å². The third kappa shape index (κ3) is 3.69. The minimum Gasteiger partial charge on any atom is -0.393 e. The number of hydrogen-bond acceptors (Lipinski definition) is 3. The molecule has 0 aromatic rings. The van der Waals surface area contributed by atoms with Crippen LogP contribution >= 0.6 is 0 Å². The molecular weight excluding hydrogens is 224 g/mol. The SMILES string of the molecule is CCC(O)CC1CC(N)CN(C(CC)C2CC2)C1. The van der Waals surface area contributed by atoms with Gasteiger partial charge >= 0.3 is 0 Å². The quantitative estimate of drug-likeness (QED) is 0.762. The first-order valence-electron chi connectivity index (χ1n) is 7.81. The van der Waals surface area contributed by atoms with Gasteiger partial charge in [0.05, 0.1) is 6.10 Å². The highest BCUT2D eigenvalue weighted by Gasteiger charge is 2.37. The van der Waals surface area contributed by atoms with Gasteiger partial charge in [0.25, 0.3) is 0 Å². The van der Waals surface area contributed by atoms with Crippen molar-refractivity contribution >= 4 is 0 Å². The predicted molar refractivity (Wildman–Crippen MR) is 75.4 cm³/mol. The molecule has 2 rings (SSSR count). The molecule has 1 saturated carbocycles. The largest absolute Gasteiger partial charge is 0.393 e. The molecule has 2 aliphatic rings. The summed E-state index contributed by atoms with van der Waals surface area (Å²) in [5.74, 6) is 1.52. The van der Waals surface area contributed by atoms with E-state index in [0.29, 0.717) is 12.0 Å². The van der Waals surface area contributed by atoms with Crippen molar-refractivity contribution in [3.63, 3.8) is 0 Å². The van der Waals surface area contributed by atoms with Crippen molar-refractivity contribution in [2.45, 2.75) is 70.6 Å². The Bertz CT molecular complexity index is 255. The van der Waals surface area contributed by atoms with Crippen LogP contribution in [0.25, 0.3) is 0 Å². The average Bonchev–Trinajstić information content (AvgIpc) is 3.13. The van der Waals surface area contributed by atoms with Gasteiger partial charge in [-0.15, -0.1) is 0 Å². The van der Waals surface area contributed by atoms with E-state index in [-0.39, 0.29) is 6.10 Å². The van der Waals surface area contributed by atoms with Gasteiger partial charge in [0.2, 0.25) is 0 Å². The van der Waals surface area contributed by atoms with Crippen LogP contribution in [0.4, 0.5) is 0 Å². The molecule has 0 aromatic carbocycles. The van der Waals surface area contributed by atoms with Crippen molar-refractivity contribution in [1.82, 2.24) is 4.90 Å². The summed E-state index contributed by atoms with van der Waals surface area (Å²) in [6, 6.07) is 1.05. The summed E-state index contributed by atoms with van der Waals surface area (Å²) >= 11 is 0. The lowest BCUT2D eigenvalue weighted by Crippen LogP contribution is -2.52. The number of likely N-dealkylation sites (tertiary alicyclic amines) is 1. The van der Waals surface area contributed by atoms with Crippen molar-refractivity contribution < 1.29 is 5.11 Å². The normalized spacial score (nSPS) is 33.3. The molecule has 1 saturated heterocycles. The van der Waals surface area contributed by atoms with Crippen LogP contribution in [0.5, 0.6) is 0 Å². The predicted octanol–water partition coefficient (Wildman–Crippen LogP) is 1.99. The van der Waals surface area contributed by atoms with Crippen LogP contribution in [-0.4, -0.2) is 41.3 Å². The number of aliphatic hydroxyl groups is 1. The summed E-state index contributed by atoms with van der Waals surface area (Å²) in [7, 11) is 0. The third-order valence-electron chi connectivity index (χ3n) is 4.73. The van der Waals surface area contributed by atoms with Crippen molar-refractivity contribution in [3.8, 4) is 0 Å². The van der Waals surface area contributed by atoms with Crippen molar-refractivity contribution in [2.75, 3.05) is 13.1 Å². The molecule has 1 heterocycles. The molecular formula is C15H30N2O. The average molecular weight is 254 g/mol. The number of rotatable bonds is 6. The van der Waals surface area contributed by atoms with Gasteiger partial charge in [-0.25, -0.2) is 0 Å². The Hall–Kier alpha value is -0.120. The lowest BCUT2D eigenvalue weighted by molar-refractivity contribution is 0.0612. The van der Waals surface area contributed by atoms with Gasteiger partial charge in [-0.3, -0.25) is 4.90 Å². The Kier molecular flexibility index (Phi) is 5.05. The molecule has 1 aliphatic carbocycles. The molecule has 3 heteroatoms. The van der Waals surface area contributed by atoms with Crippen molar-refractivity contribution in [3.05, 3.63) is 0 Å². The molecule has 18 heavy (non-hydrogen) atoms. The van der Waals surface area contributed by atoms with E-state index in [9.17, 15) is 5.11 Å². The number of nitrogens with two attached hydrogens (primary N) is 1. The topological polar surface area (TPSA) is 49.5 Å². The molecule has 2 fully saturated rings. The fourth-order valence-electron chi connectivity index (χ4n) is 3.65. The van der Waals surface area contributed by atoms with Gasteiger partial charge in [0, 0.05) is 25.2 Å². The molecule has 0 amide bonds. The summed E-state index contributed by atoms with van der Waals surface area (Å²) in [5, 5.41) is 9.84. The van der Waals surface area contributed by atoms with Crippen molar-refractivity contribution in [2.24, 2.45) is 17.6 Å². The van der Waals surface area contributed by atoms with Crippen LogP contribution in [-0.2, 0) is 0 Å². The Morgan fingerprint density at radius 1 is 1.22 bits per heavy atom. The summed E-state index contributed by atoms with van der Waals surface area (Å²) < 4.78 is 0. The fraction of sp³-hybridized carbons (Fsp3) is 1.00. The second-order valence-corrected chi connectivity index (χ2v) is 6.43. The number of hydrogen-bond donors (Lipinski definition) is 2.